The van der Waals surface area contributed by atoms with Crippen LogP contribution in [-0.4, -0.2) is 35.8 Å². The maximum absolute atomic E-state index is 12.3. The van der Waals surface area contributed by atoms with Crippen molar-refractivity contribution < 1.29 is 14.3 Å². The van der Waals surface area contributed by atoms with Gasteiger partial charge in [-0.15, -0.1) is 0 Å². The van der Waals surface area contributed by atoms with Gasteiger partial charge in [0, 0.05) is 30.9 Å². The van der Waals surface area contributed by atoms with Crippen molar-refractivity contribution in [2.45, 2.75) is 20.4 Å². The normalized spacial score (nSPS) is 11.8. The number of amides is 1. The number of fused-ring (bicyclic) bond motifs is 1. The van der Waals surface area contributed by atoms with E-state index in [4.69, 9.17) is 21.7 Å². The zero-order chi connectivity index (χ0) is 19.2. The van der Waals surface area contributed by atoms with Gasteiger partial charge >= 0.3 is 0 Å². The molecule has 27 heavy (non-hydrogen) atoms. The van der Waals surface area contributed by atoms with E-state index in [1.165, 1.54) is 0 Å². The molecule has 142 valence electrons. The Morgan fingerprint density at radius 1 is 1.07 bits per heavy atom. The van der Waals surface area contributed by atoms with Crippen LogP contribution in [0.2, 0.25) is 0 Å². The van der Waals surface area contributed by atoms with Crippen LogP contribution in [0.25, 0.3) is 0 Å². The van der Waals surface area contributed by atoms with E-state index < -0.39 is 0 Å². The molecule has 0 unspecified atom stereocenters. The van der Waals surface area contributed by atoms with Gasteiger partial charge in [-0.25, -0.2) is 0 Å². The second kappa shape index (κ2) is 8.73. The van der Waals surface area contributed by atoms with Crippen molar-refractivity contribution in [1.29, 1.82) is 0 Å². The van der Waals surface area contributed by atoms with Crippen LogP contribution < -0.4 is 20.1 Å². The third-order valence-corrected chi connectivity index (χ3v) is 4.58. The van der Waals surface area contributed by atoms with Crippen molar-refractivity contribution in [2.75, 3.05) is 25.2 Å². The van der Waals surface area contributed by atoms with Crippen molar-refractivity contribution in [1.82, 2.24) is 10.2 Å². The Labute approximate surface area is 164 Å². The highest BCUT2D eigenvalue weighted by molar-refractivity contribution is 7.80. The minimum Gasteiger partial charge on any atom is -0.454 e. The quantitative estimate of drug-likeness (QED) is 0.744. The number of hydrogen-bond donors (Lipinski definition) is 2. The van der Waals surface area contributed by atoms with Crippen LogP contribution in [0.15, 0.2) is 42.5 Å². The summed E-state index contributed by atoms with van der Waals surface area (Å²) in [5.74, 6) is 1.55. The fourth-order valence-electron chi connectivity index (χ4n) is 2.80. The molecule has 0 radical (unpaired) electrons. The molecule has 7 heteroatoms. The van der Waals surface area contributed by atoms with Crippen LogP contribution in [0.1, 0.15) is 29.8 Å². The summed E-state index contributed by atoms with van der Waals surface area (Å²) >= 11 is 5.34. The topological polar surface area (TPSA) is 62.8 Å². The van der Waals surface area contributed by atoms with Crippen molar-refractivity contribution in [3.8, 4) is 11.5 Å². The largest absolute Gasteiger partial charge is 0.454 e. The fourth-order valence-corrected chi connectivity index (χ4v) is 2.99. The van der Waals surface area contributed by atoms with Crippen LogP contribution in [0.3, 0.4) is 0 Å². The molecular weight excluding hydrogens is 362 g/mol. The molecule has 1 amide bonds. The molecule has 2 aromatic carbocycles. The van der Waals surface area contributed by atoms with E-state index in [1.54, 1.807) is 4.90 Å². The van der Waals surface area contributed by atoms with E-state index >= 15 is 0 Å². The molecule has 0 atom stereocenters. The molecule has 0 aromatic heterocycles. The predicted octanol–water partition coefficient (Wildman–Crippen LogP) is 3.38. The third kappa shape index (κ3) is 4.68. The minimum absolute atomic E-state index is 0.0371. The fraction of sp³-hybridized carbons (Fsp3) is 0.300. The van der Waals surface area contributed by atoms with Gasteiger partial charge in [0.15, 0.2) is 16.6 Å². The van der Waals surface area contributed by atoms with Gasteiger partial charge in [-0.1, -0.05) is 6.07 Å². The zero-order valence-corrected chi connectivity index (χ0v) is 16.3. The van der Waals surface area contributed by atoms with E-state index in [0.29, 0.717) is 30.3 Å². The van der Waals surface area contributed by atoms with E-state index in [-0.39, 0.29) is 12.7 Å². The van der Waals surface area contributed by atoms with Gasteiger partial charge in [0.25, 0.3) is 5.91 Å². The second-order valence-corrected chi connectivity index (χ2v) is 6.46. The lowest BCUT2D eigenvalue weighted by atomic mass is 10.2. The van der Waals surface area contributed by atoms with Gasteiger partial charge in [0.1, 0.15) is 0 Å². The number of carbonyl (C=O) groups excluding carboxylic acids is 1. The van der Waals surface area contributed by atoms with Crippen LogP contribution in [0.4, 0.5) is 5.69 Å². The molecule has 1 aliphatic rings. The predicted molar refractivity (Wildman–Crippen MR) is 109 cm³/mol. The Kier molecular flexibility index (Phi) is 6.13. The van der Waals surface area contributed by atoms with Crippen molar-refractivity contribution in [2.24, 2.45) is 0 Å². The summed E-state index contributed by atoms with van der Waals surface area (Å²) in [6.07, 6.45) is 0. The van der Waals surface area contributed by atoms with Crippen molar-refractivity contribution in [3.63, 3.8) is 0 Å². The number of anilines is 1. The van der Waals surface area contributed by atoms with E-state index in [0.717, 1.165) is 22.7 Å². The molecular formula is C20H23N3O3S. The van der Waals surface area contributed by atoms with Gasteiger partial charge in [-0.3, -0.25) is 4.79 Å². The van der Waals surface area contributed by atoms with Crippen LogP contribution in [0.5, 0.6) is 11.5 Å². The number of nitrogens with zero attached hydrogens (tertiary/aromatic N) is 1. The Balaban J connectivity index is 1.52. The molecule has 2 aromatic rings. The molecule has 6 nitrogen and oxygen atoms in total. The Morgan fingerprint density at radius 3 is 2.48 bits per heavy atom. The summed E-state index contributed by atoms with van der Waals surface area (Å²) in [5, 5.41) is 6.80. The number of benzene rings is 2. The maximum atomic E-state index is 12.3. The first-order valence-corrected chi connectivity index (χ1v) is 9.34. The molecule has 2 N–H and O–H groups in total. The lowest BCUT2D eigenvalue weighted by Crippen LogP contribution is -2.30. The highest BCUT2D eigenvalue weighted by Crippen LogP contribution is 2.32. The van der Waals surface area contributed by atoms with Crippen molar-refractivity contribution >= 4 is 28.9 Å². The summed E-state index contributed by atoms with van der Waals surface area (Å²) in [6, 6.07) is 13.1. The van der Waals surface area contributed by atoms with Gasteiger partial charge in [-0.05, 0) is 68.0 Å². The number of carbonyl (C=O) groups is 1. The SMILES string of the molecule is CCN(CC)C(=O)c1ccc(NC(=S)NCc2ccc3c(c2)OCO3)cc1. The molecule has 0 bridgehead atoms. The molecule has 0 spiro atoms. The van der Waals surface area contributed by atoms with Crippen LogP contribution >= 0.6 is 12.2 Å². The summed E-state index contributed by atoms with van der Waals surface area (Å²) in [4.78, 5) is 14.1. The van der Waals surface area contributed by atoms with E-state index in [9.17, 15) is 4.79 Å². The Bertz CT molecular complexity index is 820. The van der Waals surface area contributed by atoms with Gasteiger partial charge in [0.2, 0.25) is 6.79 Å². The first kappa shape index (κ1) is 19.0. The highest BCUT2D eigenvalue weighted by Gasteiger charge is 2.14. The third-order valence-electron chi connectivity index (χ3n) is 4.33. The second-order valence-electron chi connectivity index (χ2n) is 6.05. The minimum atomic E-state index is 0.0371. The molecule has 3 rings (SSSR count). The number of ether oxygens (including phenoxy) is 2. The number of nitrogens with one attached hydrogen (secondary N) is 2. The van der Waals surface area contributed by atoms with E-state index in [1.807, 2.05) is 56.3 Å². The van der Waals surface area contributed by atoms with Crippen LogP contribution in [0, 0.1) is 0 Å². The summed E-state index contributed by atoms with van der Waals surface area (Å²) in [5.41, 5.74) is 2.54. The average molecular weight is 385 g/mol. The number of hydrogen-bond acceptors (Lipinski definition) is 4. The van der Waals surface area contributed by atoms with Gasteiger partial charge < -0.3 is 25.0 Å². The summed E-state index contributed by atoms with van der Waals surface area (Å²) < 4.78 is 10.7. The number of rotatable bonds is 6. The Morgan fingerprint density at radius 2 is 1.78 bits per heavy atom. The monoisotopic (exact) mass is 385 g/mol. The number of thiocarbonyl (C=S) groups is 1. The Hall–Kier alpha value is -2.80. The van der Waals surface area contributed by atoms with E-state index in [2.05, 4.69) is 10.6 Å². The zero-order valence-electron chi connectivity index (χ0n) is 15.5. The molecule has 0 aliphatic carbocycles. The average Bonchev–Trinajstić information content (AvgIpc) is 3.15. The van der Waals surface area contributed by atoms with Gasteiger partial charge in [-0.2, -0.15) is 0 Å². The summed E-state index contributed by atoms with van der Waals surface area (Å²) in [7, 11) is 0. The highest BCUT2D eigenvalue weighted by atomic mass is 32.1. The standard InChI is InChI=1S/C20H23N3O3S/c1-3-23(4-2)19(24)15-6-8-16(9-7-15)22-20(27)21-12-14-5-10-17-18(11-14)26-13-25-17/h5-11H,3-4,12-13H2,1-2H3,(H2,21,22,27). The lowest BCUT2D eigenvalue weighted by molar-refractivity contribution is 0.0773. The smallest absolute Gasteiger partial charge is 0.253 e. The van der Waals surface area contributed by atoms with Crippen LogP contribution in [-0.2, 0) is 6.54 Å². The first-order valence-electron chi connectivity index (χ1n) is 8.93. The van der Waals surface area contributed by atoms with Gasteiger partial charge in [0.05, 0.1) is 0 Å². The first-order chi connectivity index (χ1) is 13.1. The molecule has 1 heterocycles. The molecule has 0 saturated carbocycles. The van der Waals surface area contributed by atoms with Crippen molar-refractivity contribution in [3.05, 3.63) is 53.6 Å². The maximum Gasteiger partial charge on any atom is 0.253 e. The lowest BCUT2D eigenvalue weighted by Gasteiger charge is -2.18. The molecule has 1 aliphatic heterocycles. The molecule has 0 saturated heterocycles. The molecule has 0 fully saturated rings. The summed E-state index contributed by atoms with van der Waals surface area (Å²) in [6.45, 7) is 6.18.